The fourth-order valence-corrected chi connectivity index (χ4v) is 4.43. The number of carbonyl (C=O) groups excluding carboxylic acids is 4. The first-order chi connectivity index (χ1) is 18.2. The van der Waals surface area contributed by atoms with E-state index in [0.717, 1.165) is 5.69 Å². The fraction of sp³-hybridized carbons (Fsp3) is 0.385. The number of hydrogen-bond donors (Lipinski definition) is 0. The number of benzene rings is 2. The van der Waals surface area contributed by atoms with Crippen LogP contribution >= 0.6 is 11.6 Å². The summed E-state index contributed by atoms with van der Waals surface area (Å²) in [5.41, 5.74) is 8.29. The molecule has 2 aromatic carbocycles. The van der Waals surface area contributed by atoms with E-state index in [2.05, 4.69) is 10.0 Å². The minimum Gasteiger partial charge on any atom is -0.465 e. The van der Waals surface area contributed by atoms with Gasteiger partial charge >= 0.3 is 11.9 Å². The van der Waals surface area contributed by atoms with Crippen molar-refractivity contribution in [2.45, 2.75) is 37.1 Å². The van der Waals surface area contributed by atoms with Gasteiger partial charge in [-0.15, -0.1) is 0 Å². The molecule has 0 aromatic heterocycles. The van der Waals surface area contributed by atoms with Crippen molar-refractivity contribution in [3.05, 3.63) is 71.1 Å². The van der Waals surface area contributed by atoms with Gasteiger partial charge in [-0.1, -0.05) is 53.1 Å². The Kier molecular flexibility index (Phi) is 9.33. The van der Waals surface area contributed by atoms with Crippen LogP contribution in [0.5, 0.6) is 0 Å². The van der Waals surface area contributed by atoms with Crippen LogP contribution in [-0.4, -0.2) is 60.5 Å². The van der Waals surface area contributed by atoms with Crippen molar-refractivity contribution in [1.29, 1.82) is 0 Å². The highest BCUT2D eigenvalue weighted by atomic mass is 35.5. The molecule has 2 aliphatic heterocycles. The van der Waals surface area contributed by atoms with Gasteiger partial charge in [0.15, 0.2) is 0 Å². The standard InChI is InChI=1S/C13H14ClNO3.C13H14N4O3/c1-2-18-12(17)13(14)8-9-15(11(13)16)10-6-4-3-5-7-10;1-2-20-12(19)13(15-16-14)8-9-17(11(13)18)10-6-4-3-5-7-10/h3-7H,2,8-9H2,1H3;3-7H,2,8-9H2,1H3. The molecule has 2 atom stereocenters. The zero-order valence-corrected chi connectivity index (χ0v) is 21.8. The predicted octanol–water partition coefficient (Wildman–Crippen LogP) is 4.00. The maximum Gasteiger partial charge on any atom is 0.337 e. The van der Waals surface area contributed by atoms with Gasteiger partial charge in [-0.3, -0.25) is 14.4 Å². The molecule has 2 fully saturated rings. The molecule has 0 N–H and O–H groups in total. The molecule has 0 radical (unpaired) electrons. The molecule has 0 bridgehead atoms. The molecule has 0 saturated carbocycles. The highest BCUT2D eigenvalue weighted by molar-refractivity contribution is 6.48. The number of esters is 2. The molecule has 38 heavy (non-hydrogen) atoms. The Balaban J connectivity index is 0.000000212. The number of amides is 2. The Hall–Kier alpha value is -4.08. The van der Waals surface area contributed by atoms with Gasteiger partial charge in [0.05, 0.1) is 13.2 Å². The van der Waals surface area contributed by atoms with Crippen molar-refractivity contribution < 1.29 is 28.7 Å². The number of alkyl halides is 1. The number of azide groups is 1. The molecule has 2 saturated heterocycles. The Bertz CT molecular complexity index is 1220. The largest absolute Gasteiger partial charge is 0.465 e. The first-order valence-corrected chi connectivity index (χ1v) is 12.5. The van der Waals surface area contributed by atoms with Crippen molar-refractivity contribution in [3.8, 4) is 0 Å². The van der Waals surface area contributed by atoms with Crippen LogP contribution in [0.25, 0.3) is 10.4 Å². The van der Waals surface area contributed by atoms with Gasteiger partial charge in [-0.05, 0) is 50.1 Å². The van der Waals surface area contributed by atoms with E-state index in [-0.39, 0.29) is 26.1 Å². The first-order valence-electron chi connectivity index (χ1n) is 12.1. The molecular formula is C26H28ClN5O6. The van der Waals surface area contributed by atoms with E-state index in [9.17, 15) is 19.2 Å². The lowest BCUT2D eigenvalue weighted by Crippen LogP contribution is -2.46. The molecule has 4 rings (SSSR count). The maximum absolute atomic E-state index is 12.5. The molecule has 0 aliphatic carbocycles. The lowest BCUT2D eigenvalue weighted by molar-refractivity contribution is -0.152. The average Bonchev–Trinajstić information content (AvgIpc) is 3.43. The van der Waals surface area contributed by atoms with Crippen molar-refractivity contribution >= 4 is 46.7 Å². The number of para-hydroxylation sites is 2. The van der Waals surface area contributed by atoms with Crippen molar-refractivity contribution in [1.82, 2.24) is 0 Å². The molecule has 2 heterocycles. The van der Waals surface area contributed by atoms with E-state index in [0.29, 0.717) is 18.8 Å². The molecule has 200 valence electrons. The summed E-state index contributed by atoms with van der Waals surface area (Å²) in [5, 5.41) is 3.45. The second-order valence-electron chi connectivity index (χ2n) is 8.38. The van der Waals surface area contributed by atoms with Gasteiger partial charge in [-0.25, -0.2) is 4.79 Å². The van der Waals surface area contributed by atoms with E-state index in [1.54, 1.807) is 38.1 Å². The van der Waals surface area contributed by atoms with Crippen LogP contribution in [0, 0.1) is 0 Å². The summed E-state index contributed by atoms with van der Waals surface area (Å²) in [6, 6.07) is 18.1. The van der Waals surface area contributed by atoms with Gasteiger partial charge in [0.1, 0.15) is 0 Å². The molecule has 2 amide bonds. The van der Waals surface area contributed by atoms with Crippen molar-refractivity contribution in [2.75, 3.05) is 36.1 Å². The topological polar surface area (TPSA) is 142 Å². The van der Waals surface area contributed by atoms with Gasteiger partial charge in [-0.2, -0.15) is 0 Å². The third-order valence-corrected chi connectivity index (χ3v) is 6.63. The van der Waals surface area contributed by atoms with Crippen molar-refractivity contribution in [3.63, 3.8) is 0 Å². The summed E-state index contributed by atoms with van der Waals surface area (Å²) in [6.07, 6.45) is 0.380. The number of halogens is 1. The van der Waals surface area contributed by atoms with Crippen LogP contribution in [-0.2, 0) is 28.7 Å². The molecule has 2 aliphatic rings. The predicted molar refractivity (Wildman–Crippen MR) is 141 cm³/mol. The van der Waals surface area contributed by atoms with Crippen LogP contribution in [0.4, 0.5) is 11.4 Å². The smallest absolute Gasteiger partial charge is 0.337 e. The SMILES string of the molecule is CCOC(=O)C1(Cl)CCN(c2ccccc2)C1=O.CCOC(=O)C1(N=[N+]=[N-])CCN(c2ccccc2)C1=O. The quantitative estimate of drug-likeness (QED) is 0.129. The van der Waals surface area contributed by atoms with Crippen LogP contribution in [0.3, 0.4) is 0 Å². The molecule has 2 unspecified atom stereocenters. The second kappa shape index (κ2) is 12.4. The zero-order chi connectivity index (χ0) is 27.8. The van der Waals surface area contributed by atoms with Crippen molar-refractivity contribution in [2.24, 2.45) is 5.11 Å². The highest BCUT2D eigenvalue weighted by Gasteiger charge is 2.54. The first kappa shape index (κ1) is 28.5. The zero-order valence-electron chi connectivity index (χ0n) is 21.1. The van der Waals surface area contributed by atoms with Gasteiger partial charge < -0.3 is 19.3 Å². The monoisotopic (exact) mass is 541 g/mol. The Labute approximate surface area is 224 Å². The fourth-order valence-electron chi connectivity index (χ4n) is 4.19. The Morgan fingerprint density at radius 1 is 0.868 bits per heavy atom. The van der Waals surface area contributed by atoms with Crippen LogP contribution in [0.1, 0.15) is 26.7 Å². The summed E-state index contributed by atoms with van der Waals surface area (Å²) in [6.45, 7) is 4.39. The van der Waals surface area contributed by atoms with Crippen LogP contribution < -0.4 is 9.80 Å². The summed E-state index contributed by atoms with van der Waals surface area (Å²) < 4.78 is 9.75. The number of hydrogen-bond acceptors (Lipinski definition) is 7. The molecule has 12 heteroatoms. The molecule has 2 aromatic rings. The average molecular weight is 542 g/mol. The summed E-state index contributed by atoms with van der Waals surface area (Å²) >= 11 is 6.13. The lowest BCUT2D eigenvalue weighted by atomic mass is 9.99. The van der Waals surface area contributed by atoms with E-state index >= 15 is 0 Å². The third kappa shape index (κ3) is 5.58. The maximum atomic E-state index is 12.5. The van der Waals surface area contributed by atoms with E-state index in [1.165, 1.54) is 9.80 Å². The Morgan fingerprint density at radius 3 is 1.84 bits per heavy atom. The number of carbonyl (C=O) groups is 4. The number of anilines is 2. The number of rotatable bonds is 7. The summed E-state index contributed by atoms with van der Waals surface area (Å²) in [4.78, 5) is 52.5. The van der Waals surface area contributed by atoms with Crippen LogP contribution in [0.2, 0.25) is 0 Å². The summed E-state index contributed by atoms with van der Waals surface area (Å²) in [7, 11) is 0. The molecule has 11 nitrogen and oxygen atoms in total. The highest BCUT2D eigenvalue weighted by Crippen LogP contribution is 2.34. The van der Waals surface area contributed by atoms with Gasteiger partial charge in [0, 0.05) is 35.8 Å². The van der Waals surface area contributed by atoms with Gasteiger partial charge in [0.2, 0.25) is 10.4 Å². The number of nitrogens with zero attached hydrogens (tertiary/aromatic N) is 5. The Morgan fingerprint density at radius 2 is 1.34 bits per heavy atom. The van der Waals surface area contributed by atoms with E-state index in [1.807, 2.05) is 36.4 Å². The van der Waals surface area contributed by atoms with Crippen LogP contribution in [0.15, 0.2) is 65.8 Å². The van der Waals surface area contributed by atoms with E-state index in [4.69, 9.17) is 26.6 Å². The molecular weight excluding hydrogens is 514 g/mol. The normalized spacial score (nSPS) is 22.3. The van der Waals surface area contributed by atoms with E-state index < -0.39 is 34.2 Å². The minimum absolute atomic E-state index is 0.115. The molecule has 0 spiro atoms. The number of ether oxygens (including phenoxy) is 2. The third-order valence-electron chi connectivity index (χ3n) is 6.12. The lowest BCUT2D eigenvalue weighted by Gasteiger charge is -2.21. The second-order valence-corrected chi connectivity index (χ2v) is 9.02. The summed E-state index contributed by atoms with van der Waals surface area (Å²) in [5.74, 6) is -2.40. The van der Waals surface area contributed by atoms with Gasteiger partial charge in [0.25, 0.3) is 11.8 Å². The minimum atomic E-state index is -1.78.